The van der Waals surface area contributed by atoms with Gasteiger partial charge in [0.1, 0.15) is 0 Å². The first-order chi connectivity index (χ1) is 13.0. The van der Waals surface area contributed by atoms with Crippen molar-refractivity contribution in [1.29, 1.82) is 0 Å². The number of hydrazone groups is 1. The Bertz CT molecular complexity index is 1030. The molecule has 0 bridgehead atoms. The Morgan fingerprint density at radius 2 is 1.67 bits per heavy atom. The highest BCUT2D eigenvalue weighted by Crippen LogP contribution is 2.23. The van der Waals surface area contributed by atoms with Gasteiger partial charge in [-0.25, -0.2) is 5.43 Å². The lowest BCUT2D eigenvalue weighted by molar-refractivity contribution is -0.115. The smallest absolute Gasteiger partial charge is 0.272 e. The van der Waals surface area contributed by atoms with Crippen molar-refractivity contribution in [1.82, 2.24) is 5.43 Å². The predicted molar refractivity (Wildman–Crippen MR) is 112 cm³/mol. The van der Waals surface area contributed by atoms with E-state index < -0.39 is 0 Å². The molecule has 6 heteroatoms. The number of carbonyl (C=O) groups is 2. The van der Waals surface area contributed by atoms with E-state index in [0.717, 1.165) is 16.5 Å². The van der Waals surface area contributed by atoms with E-state index in [1.165, 1.54) is 0 Å². The largest absolute Gasteiger partial charge is 0.325 e. The average molecular weight is 424 g/mol. The summed E-state index contributed by atoms with van der Waals surface area (Å²) < 4.78 is 0.684. The van der Waals surface area contributed by atoms with Crippen LogP contribution >= 0.6 is 15.9 Å². The summed E-state index contributed by atoms with van der Waals surface area (Å²) in [5.74, 6) is -0.529. The average Bonchev–Trinajstić information content (AvgIpc) is 2.67. The maximum atomic E-state index is 12.3. The summed E-state index contributed by atoms with van der Waals surface area (Å²) in [6.07, 6.45) is 0.0828. The van der Waals surface area contributed by atoms with Gasteiger partial charge in [0.05, 0.1) is 12.0 Å². The molecule has 0 spiro atoms. The van der Waals surface area contributed by atoms with E-state index in [1.807, 2.05) is 48.5 Å². The topological polar surface area (TPSA) is 70.6 Å². The summed E-state index contributed by atoms with van der Waals surface area (Å²) >= 11 is 3.33. The molecular weight excluding hydrogens is 406 g/mol. The second-order valence-corrected chi connectivity index (χ2v) is 6.87. The van der Waals surface area contributed by atoms with Crippen molar-refractivity contribution in [2.75, 3.05) is 5.32 Å². The van der Waals surface area contributed by atoms with Crippen LogP contribution in [0.3, 0.4) is 0 Å². The van der Waals surface area contributed by atoms with Crippen molar-refractivity contribution in [2.45, 2.75) is 13.3 Å². The molecule has 2 amide bonds. The first-order valence-corrected chi connectivity index (χ1v) is 9.19. The highest BCUT2D eigenvalue weighted by Gasteiger charge is 2.10. The molecule has 3 aromatic rings. The number of halogens is 1. The summed E-state index contributed by atoms with van der Waals surface area (Å²) in [5.41, 5.74) is 4.22. The minimum Gasteiger partial charge on any atom is -0.325 e. The van der Waals surface area contributed by atoms with Gasteiger partial charge in [-0.05, 0) is 46.4 Å². The van der Waals surface area contributed by atoms with Crippen LogP contribution in [-0.2, 0) is 4.79 Å². The van der Waals surface area contributed by atoms with Crippen LogP contribution in [0.25, 0.3) is 10.8 Å². The SMILES string of the molecule is C/C(CC(=O)Nc1cccc2ccccc12)=N\NC(=O)c1ccccc1Br. The molecule has 27 heavy (non-hydrogen) atoms. The summed E-state index contributed by atoms with van der Waals surface area (Å²) in [6.45, 7) is 1.70. The first-order valence-electron chi connectivity index (χ1n) is 8.40. The third-order valence-electron chi connectivity index (χ3n) is 3.95. The summed E-state index contributed by atoms with van der Waals surface area (Å²) in [5, 5.41) is 8.96. The van der Waals surface area contributed by atoms with Crippen LogP contribution in [-0.4, -0.2) is 17.5 Å². The Labute approximate surface area is 165 Å². The van der Waals surface area contributed by atoms with Crippen LogP contribution in [0.15, 0.2) is 76.3 Å². The molecule has 0 saturated carbocycles. The Hall–Kier alpha value is -2.99. The summed E-state index contributed by atoms with van der Waals surface area (Å²) in [4.78, 5) is 24.5. The Balaban J connectivity index is 1.62. The van der Waals surface area contributed by atoms with Gasteiger partial charge in [-0.3, -0.25) is 9.59 Å². The number of fused-ring (bicyclic) bond motifs is 1. The van der Waals surface area contributed by atoms with Crippen molar-refractivity contribution in [3.05, 3.63) is 76.8 Å². The number of hydrogen-bond acceptors (Lipinski definition) is 3. The van der Waals surface area contributed by atoms with E-state index in [-0.39, 0.29) is 18.2 Å². The van der Waals surface area contributed by atoms with Crippen LogP contribution in [0.1, 0.15) is 23.7 Å². The highest BCUT2D eigenvalue weighted by molar-refractivity contribution is 9.10. The van der Waals surface area contributed by atoms with Gasteiger partial charge in [0, 0.05) is 21.3 Å². The van der Waals surface area contributed by atoms with Gasteiger partial charge in [0.25, 0.3) is 5.91 Å². The lowest BCUT2D eigenvalue weighted by atomic mass is 10.1. The Kier molecular flexibility index (Phi) is 5.98. The first kappa shape index (κ1) is 18.8. The van der Waals surface area contributed by atoms with E-state index in [4.69, 9.17) is 0 Å². The number of benzene rings is 3. The molecule has 136 valence electrons. The summed E-state index contributed by atoms with van der Waals surface area (Å²) in [7, 11) is 0. The highest BCUT2D eigenvalue weighted by atomic mass is 79.9. The van der Waals surface area contributed by atoms with Gasteiger partial charge >= 0.3 is 0 Å². The van der Waals surface area contributed by atoms with Crippen molar-refractivity contribution in [3.63, 3.8) is 0 Å². The molecule has 0 aliphatic rings. The Morgan fingerprint density at radius 1 is 0.963 bits per heavy atom. The number of anilines is 1. The van der Waals surface area contributed by atoms with E-state index in [9.17, 15) is 9.59 Å². The molecule has 3 aromatic carbocycles. The number of rotatable bonds is 5. The predicted octanol–water partition coefficient (Wildman–Crippen LogP) is 4.74. The van der Waals surface area contributed by atoms with Crippen molar-refractivity contribution in [2.24, 2.45) is 5.10 Å². The third kappa shape index (κ3) is 4.80. The number of nitrogens with one attached hydrogen (secondary N) is 2. The molecule has 0 radical (unpaired) electrons. The van der Waals surface area contributed by atoms with Crippen molar-refractivity contribution >= 4 is 49.9 Å². The fourth-order valence-electron chi connectivity index (χ4n) is 2.65. The molecule has 5 nitrogen and oxygen atoms in total. The molecule has 0 aromatic heterocycles. The fourth-order valence-corrected chi connectivity index (χ4v) is 3.12. The van der Waals surface area contributed by atoms with Gasteiger partial charge < -0.3 is 5.32 Å². The van der Waals surface area contributed by atoms with E-state index >= 15 is 0 Å². The van der Waals surface area contributed by atoms with E-state index in [0.29, 0.717) is 15.7 Å². The normalized spacial score (nSPS) is 11.3. The third-order valence-corrected chi connectivity index (χ3v) is 4.64. The van der Waals surface area contributed by atoms with E-state index in [2.05, 4.69) is 31.8 Å². The van der Waals surface area contributed by atoms with Crippen LogP contribution in [0.2, 0.25) is 0 Å². The molecule has 0 heterocycles. The molecule has 0 unspecified atom stereocenters. The second-order valence-electron chi connectivity index (χ2n) is 6.02. The van der Waals surface area contributed by atoms with Crippen molar-refractivity contribution in [3.8, 4) is 0 Å². The maximum absolute atomic E-state index is 12.3. The zero-order valence-corrected chi connectivity index (χ0v) is 16.3. The molecular formula is C21H18BrN3O2. The summed E-state index contributed by atoms with van der Waals surface area (Å²) in [6, 6.07) is 20.7. The molecule has 0 fully saturated rings. The van der Waals surface area contributed by atoms with Crippen LogP contribution in [0, 0.1) is 0 Å². The molecule has 0 aliphatic carbocycles. The lowest BCUT2D eigenvalue weighted by Crippen LogP contribution is -2.21. The van der Waals surface area contributed by atoms with Gasteiger partial charge in [0.2, 0.25) is 5.91 Å². The van der Waals surface area contributed by atoms with Crippen LogP contribution < -0.4 is 10.7 Å². The minimum absolute atomic E-state index is 0.0828. The van der Waals surface area contributed by atoms with Gasteiger partial charge in [-0.1, -0.05) is 48.5 Å². The monoisotopic (exact) mass is 423 g/mol. The van der Waals surface area contributed by atoms with Gasteiger partial charge in [-0.2, -0.15) is 5.10 Å². The number of carbonyl (C=O) groups excluding carboxylic acids is 2. The zero-order chi connectivity index (χ0) is 19.2. The second kappa shape index (κ2) is 8.60. The maximum Gasteiger partial charge on any atom is 0.272 e. The minimum atomic E-state index is -0.337. The van der Waals surface area contributed by atoms with Crippen LogP contribution in [0.5, 0.6) is 0 Å². The van der Waals surface area contributed by atoms with Crippen LogP contribution in [0.4, 0.5) is 5.69 Å². The fraction of sp³-hybridized carbons (Fsp3) is 0.0952. The molecule has 0 saturated heterocycles. The van der Waals surface area contributed by atoms with Gasteiger partial charge in [0.15, 0.2) is 0 Å². The van der Waals surface area contributed by atoms with E-state index in [1.54, 1.807) is 25.1 Å². The quantitative estimate of drug-likeness (QED) is 0.459. The molecule has 0 aliphatic heterocycles. The molecule has 0 atom stereocenters. The lowest BCUT2D eigenvalue weighted by Gasteiger charge is -2.09. The Morgan fingerprint density at radius 3 is 2.48 bits per heavy atom. The molecule has 2 N–H and O–H groups in total. The number of amides is 2. The number of nitrogens with zero attached hydrogens (tertiary/aromatic N) is 1. The zero-order valence-electron chi connectivity index (χ0n) is 14.7. The van der Waals surface area contributed by atoms with Gasteiger partial charge in [-0.15, -0.1) is 0 Å². The van der Waals surface area contributed by atoms with Crippen molar-refractivity contribution < 1.29 is 9.59 Å². The molecule has 3 rings (SSSR count). The number of hydrogen-bond donors (Lipinski definition) is 2. The standard InChI is InChI=1S/C21H18BrN3O2/c1-14(24-25-21(27)17-10-4-5-11-18(17)22)13-20(26)23-19-12-6-8-15-7-2-3-9-16(15)19/h2-12H,13H2,1H3,(H,23,26)(H,25,27)/b24-14+.